The zero-order valence-electron chi connectivity index (χ0n) is 15.7. The fraction of sp³-hybridized carbons (Fsp3) is 1.00. The second-order valence-corrected chi connectivity index (χ2v) is 14.1. The van der Waals surface area contributed by atoms with Crippen LogP contribution in [0.15, 0.2) is 0 Å². The molecule has 1 atom stereocenters. The van der Waals surface area contributed by atoms with Crippen LogP contribution in [-0.2, 0) is 4.74 Å². The highest BCUT2D eigenvalue weighted by molar-refractivity contribution is 6.84. The molecule has 0 bridgehead atoms. The van der Waals surface area contributed by atoms with Gasteiger partial charge in [-0.2, -0.15) is 0 Å². The minimum absolute atomic E-state index is 0.570. The third-order valence-electron chi connectivity index (χ3n) is 6.17. The van der Waals surface area contributed by atoms with Gasteiger partial charge >= 0.3 is 0 Å². The van der Waals surface area contributed by atoms with E-state index in [0.717, 1.165) is 29.1 Å². The van der Waals surface area contributed by atoms with Crippen LogP contribution in [0.3, 0.4) is 0 Å². The largest absolute Gasteiger partial charge is 0.382 e. The van der Waals surface area contributed by atoms with E-state index in [1.54, 1.807) is 0 Å². The molecule has 0 aliphatic heterocycles. The van der Waals surface area contributed by atoms with E-state index in [-0.39, 0.29) is 0 Å². The molecule has 0 aromatic heterocycles. The van der Waals surface area contributed by atoms with Gasteiger partial charge in [0, 0.05) is 6.61 Å². The fourth-order valence-corrected chi connectivity index (χ4v) is 13.0. The van der Waals surface area contributed by atoms with Gasteiger partial charge in [-0.3, -0.25) is 0 Å². The normalized spacial score (nSPS) is 20.3. The maximum atomic E-state index is 6.55. The molecule has 1 unspecified atom stereocenters. The topological polar surface area (TPSA) is 9.23 Å². The van der Waals surface area contributed by atoms with E-state index < -0.39 is 8.07 Å². The van der Waals surface area contributed by atoms with E-state index in [1.165, 1.54) is 38.5 Å². The first-order chi connectivity index (χ1) is 9.88. The Labute approximate surface area is 135 Å². The summed E-state index contributed by atoms with van der Waals surface area (Å²) < 4.78 is 6.55. The number of hydrogen-bond donors (Lipinski definition) is 0. The molecule has 21 heavy (non-hydrogen) atoms. The van der Waals surface area contributed by atoms with Crippen molar-refractivity contribution in [2.45, 2.75) is 109 Å². The predicted molar refractivity (Wildman–Crippen MR) is 97.7 cm³/mol. The average molecular weight is 313 g/mol. The molecule has 0 heterocycles. The standard InChI is InChI=1S/C19H40OSi/c1-8-20-19(18-13-11-9-10-12-14-18)21(15(2)3,16(4)5)17(6)7/h15-19H,8-14H2,1-7H3. The summed E-state index contributed by atoms with van der Waals surface area (Å²) in [7, 11) is -1.51. The number of ether oxygens (including phenoxy) is 1. The van der Waals surface area contributed by atoms with Crippen molar-refractivity contribution in [3.63, 3.8) is 0 Å². The molecule has 0 aromatic carbocycles. The quantitative estimate of drug-likeness (QED) is 0.381. The highest BCUT2D eigenvalue weighted by Crippen LogP contribution is 2.48. The first-order valence-electron chi connectivity index (χ1n) is 9.50. The van der Waals surface area contributed by atoms with Crippen LogP contribution in [-0.4, -0.2) is 20.4 Å². The minimum Gasteiger partial charge on any atom is -0.382 e. The van der Waals surface area contributed by atoms with Gasteiger partial charge in [0.15, 0.2) is 0 Å². The molecule has 2 heteroatoms. The summed E-state index contributed by atoms with van der Waals surface area (Å²) in [4.78, 5) is 0. The maximum Gasteiger partial charge on any atom is 0.0955 e. The van der Waals surface area contributed by atoms with Crippen molar-refractivity contribution in [3.8, 4) is 0 Å². The fourth-order valence-electron chi connectivity index (χ4n) is 5.47. The summed E-state index contributed by atoms with van der Waals surface area (Å²) >= 11 is 0. The van der Waals surface area contributed by atoms with Gasteiger partial charge in [-0.05, 0) is 42.3 Å². The Hall–Kier alpha value is 0.177. The van der Waals surface area contributed by atoms with Crippen molar-refractivity contribution in [1.29, 1.82) is 0 Å². The zero-order chi connectivity index (χ0) is 16.0. The monoisotopic (exact) mass is 312 g/mol. The van der Waals surface area contributed by atoms with Crippen molar-refractivity contribution < 1.29 is 4.74 Å². The first kappa shape index (κ1) is 19.2. The molecule has 0 N–H and O–H groups in total. The Balaban J connectivity index is 3.17. The SMILES string of the molecule is CCOC(C1CCCCCC1)[Si](C(C)C)(C(C)C)C(C)C. The molecular weight excluding hydrogens is 272 g/mol. The van der Waals surface area contributed by atoms with Crippen LogP contribution < -0.4 is 0 Å². The van der Waals surface area contributed by atoms with Gasteiger partial charge in [-0.15, -0.1) is 0 Å². The Morgan fingerprint density at radius 3 is 1.57 bits per heavy atom. The molecule has 0 aromatic rings. The van der Waals surface area contributed by atoms with Crippen LogP contribution in [0.2, 0.25) is 16.6 Å². The van der Waals surface area contributed by atoms with Crippen molar-refractivity contribution in [1.82, 2.24) is 0 Å². The molecule has 0 amide bonds. The second kappa shape index (κ2) is 8.72. The summed E-state index contributed by atoms with van der Waals surface area (Å²) in [5, 5.41) is 0. The third kappa shape index (κ3) is 4.13. The average Bonchev–Trinajstić information content (AvgIpc) is 2.65. The molecule has 126 valence electrons. The second-order valence-electron chi connectivity index (χ2n) is 8.09. The Kier molecular flexibility index (Phi) is 7.98. The molecule has 0 saturated heterocycles. The first-order valence-corrected chi connectivity index (χ1v) is 11.8. The molecule has 1 saturated carbocycles. The van der Waals surface area contributed by atoms with Gasteiger partial charge in [0.2, 0.25) is 0 Å². The van der Waals surface area contributed by atoms with Crippen molar-refractivity contribution in [2.75, 3.05) is 6.61 Å². The van der Waals surface area contributed by atoms with E-state index in [9.17, 15) is 0 Å². The van der Waals surface area contributed by atoms with Crippen LogP contribution in [0.5, 0.6) is 0 Å². The van der Waals surface area contributed by atoms with Gasteiger partial charge in [0.1, 0.15) is 0 Å². The summed E-state index contributed by atoms with van der Waals surface area (Å²) in [6, 6.07) is 0. The third-order valence-corrected chi connectivity index (χ3v) is 13.8. The lowest BCUT2D eigenvalue weighted by Crippen LogP contribution is -2.59. The predicted octanol–water partition coefficient (Wildman–Crippen LogP) is 6.58. The molecule has 1 nitrogen and oxygen atoms in total. The van der Waals surface area contributed by atoms with Crippen LogP contribution in [0.1, 0.15) is 87.0 Å². The van der Waals surface area contributed by atoms with Gasteiger partial charge in [0.05, 0.1) is 13.8 Å². The number of rotatable bonds is 7. The number of hydrogen-bond acceptors (Lipinski definition) is 1. The lowest BCUT2D eigenvalue weighted by atomic mass is 10.0. The van der Waals surface area contributed by atoms with Gasteiger partial charge in [0.25, 0.3) is 0 Å². The molecule has 1 rings (SSSR count). The zero-order valence-corrected chi connectivity index (χ0v) is 16.7. The summed E-state index contributed by atoms with van der Waals surface area (Å²) in [5.74, 6) is 0.825. The molecule has 1 aliphatic carbocycles. The van der Waals surface area contributed by atoms with E-state index in [0.29, 0.717) is 5.73 Å². The molecule has 0 spiro atoms. The van der Waals surface area contributed by atoms with Crippen LogP contribution >= 0.6 is 0 Å². The van der Waals surface area contributed by atoms with Gasteiger partial charge < -0.3 is 4.74 Å². The summed E-state index contributed by atoms with van der Waals surface area (Å²) in [6.07, 6.45) is 8.54. The van der Waals surface area contributed by atoms with Crippen LogP contribution in [0, 0.1) is 5.92 Å². The Bertz CT molecular complexity index is 256. The van der Waals surface area contributed by atoms with E-state index >= 15 is 0 Å². The van der Waals surface area contributed by atoms with Gasteiger partial charge in [-0.25, -0.2) is 0 Å². The van der Waals surface area contributed by atoms with E-state index in [4.69, 9.17) is 4.74 Å². The van der Waals surface area contributed by atoms with Crippen molar-refractivity contribution in [3.05, 3.63) is 0 Å². The lowest BCUT2D eigenvalue weighted by molar-refractivity contribution is 0.0584. The molecule has 1 aliphatic rings. The highest BCUT2D eigenvalue weighted by Gasteiger charge is 2.52. The van der Waals surface area contributed by atoms with Crippen LogP contribution in [0.4, 0.5) is 0 Å². The lowest BCUT2D eigenvalue weighted by Gasteiger charge is -2.51. The van der Waals surface area contributed by atoms with Crippen molar-refractivity contribution >= 4 is 8.07 Å². The van der Waals surface area contributed by atoms with Crippen molar-refractivity contribution in [2.24, 2.45) is 5.92 Å². The van der Waals surface area contributed by atoms with Crippen LogP contribution in [0.25, 0.3) is 0 Å². The summed E-state index contributed by atoms with van der Waals surface area (Å²) in [6.45, 7) is 18.0. The highest BCUT2D eigenvalue weighted by atomic mass is 28.3. The maximum absolute atomic E-state index is 6.55. The van der Waals surface area contributed by atoms with E-state index in [1.807, 2.05) is 0 Å². The van der Waals surface area contributed by atoms with Gasteiger partial charge in [-0.1, -0.05) is 67.2 Å². The molecule has 0 radical (unpaired) electrons. The molecular formula is C19H40OSi. The minimum atomic E-state index is -1.51. The van der Waals surface area contributed by atoms with E-state index in [2.05, 4.69) is 48.5 Å². The Morgan fingerprint density at radius 2 is 1.24 bits per heavy atom. The summed E-state index contributed by atoms with van der Waals surface area (Å²) in [5.41, 5.74) is 2.98. The smallest absolute Gasteiger partial charge is 0.0955 e. The molecule has 1 fully saturated rings. The Morgan fingerprint density at radius 1 is 0.810 bits per heavy atom.